The molecule has 5 atom stereocenters. The Morgan fingerprint density at radius 1 is 1.09 bits per heavy atom. The van der Waals surface area contributed by atoms with Gasteiger partial charge in [0.2, 0.25) is 5.91 Å². The average molecular weight is 449 g/mol. The fraction of sp³-hybridized carbons (Fsp3) is 0.679. The second-order valence-corrected chi connectivity index (χ2v) is 11.7. The molecule has 1 amide bonds. The van der Waals surface area contributed by atoms with Gasteiger partial charge in [-0.25, -0.2) is 0 Å². The lowest BCUT2D eigenvalue weighted by Gasteiger charge is -2.61. The van der Waals surface area contributed by atoms with Crippen LogP contribution in [0.4, 0.5) is 0 Å². The highest BCUT2D eigenvalue weighted by Gasteiger charge is 2.60. The van der Waals surface area contributed by atoms with E-state index < -0.39 is 5.60 Å². The van der Waals surface area contributed by atoms with Crippen LogP contribution in [0.2, 0.25) is 0 Å². The summed E-state index contributed by atoms with van der Waals surface area (Å²) in [4.78, 5) is 28.2. The summed E-state index contributed by atoms with van der Waals surface area (Å²) >= 11 is 0. The van der Waals surface area contributed by atoms with E-state index in [0.717, 1.165) is 44.1 Å². The monoisotopic (exact) mass is 448 g/mol. The van der Waals surface area contributed by atoms with Crippen LogP contribution in [0.25, 0.3) is 0 Å². The molecule has 176 valence electrons. The van der Waals surface area contributed by atoms with Gasteiger partial charge in [0.05, 0.1) is 6.07 Å². The maximum atomic E-state index is 13.5. The summed E-state index contributed by atoms with van der Waals surface area (Å²) in [6.45, 7) is 4.21. The maximum absolute atomic E-state index is 13.5. The number of hydrogen-bond donors (Lipinski definition) is 0. The Hall–Kier alpha value is -2.35. The highest BCUT2D eigenvalue weighted by atomic mass is 16.6. The summed E-state index contributed by atoms with van der Waals surface area (Å²) in [5, 5.41) is 9.62. The van der Waals surface area contributed by atoms with E-state index >= 15 is 0 Å². The van der Waals surface area contributed by atoms with E-state index in [0.29, 0.717) is 37.0 Å². The molecule has 0 N–H and O–H groups in total. The van der Waals surface area contributed by atoms with Gasteiger partial charge in [-0.05, 0) is 87.0 Å². The molecule has 1 heterocycles. The maximum Gasteiger partial charge on any atom is 0.306 e. The van der Waals surface area contributed by atoms with E-state index in [9.17, 15) is 14.9 Å². The molecule has 0 spiro atoms. The molecule has 6 rings (SSSR count). The van der Waals surface area contributed by atoms with Gasteiger partial charge in [-0.15, -0.1) is 0 Å². The van der Waals surface area contributed by atoms with Crippen LogP contribution in [0, 0.1) is 34.5 Å². The van der Waals surface area contributed by atoms with Gasteiger partial charge in [0.1, 0.15) is 11.6 Å². The lowest BCUT2D eigenvalue weighted by molar-refractivity contribution is -0.203. The second kappa shape index (κ2) is 8.46. The van der Waals surface area contributed by atoms with Gasteiger partial charge in [-0.2, -0.15) is 5.26 Å². The minimum atomic E-state index is -0.392. The SMILES string of the molecule is CC1CC(C#N)N(C(=O)CC23CC4CC(C2)CC(OC(=O)CCc2ccccc2)(C4)C3)[C@H]1C. The summed E-state index contributed by atoms with van der Waals surface area (Å²) in [6.07, 6.45) is 8.42. The largest absolute Gasteiger partial charge is 0.459 e. The number of carbonyl (C=O) groups excluding carboxylic acids is 2. The number of rotatable bonds is 6. The van der Waals surface area contributed by atoms with Crippen LogP contribution in [-0.4, -0.2) is 34.5 Å². The van der Waals surface area contributed by atoms with Crippen molar-refractivity contribution < 1.29 is 14.3 Å². The third-order valence-corrected chi connectivity index (χ3v) is 9.08. The van der Waals surface area contributed by atoms with Gasteiger partial charge in [0.25, 0.3) is 0 Å². The lowest BCUT2D eigenvalue weighted by atomic mass is 9.47. The average Bonchev–Trinajstić information content (AvgIpc) is 3.05. The first-order valence-electron chi connectivity index (χ1n) is 12.8. The molecule has 1 aromatic rings. The highest BCUT2D eigenvalue weighted by Crippen LogP contribution is 2.64. The Bertz CT molecular complexity index is 938. The summed E-state index contributed by atoms with van der Waals surface area (Å²) in [5.74, 6) is 1.47. The van der Waals surface area contributed by atoms with Crippen molar-refractivity contribution in [2.45, 2.75) is 95.7 Å². The quantitative estimate of drug-likeness (QED) is 0.572. The van der Waals surface area contributed by atoms with Crippen LogP contribution in [0.3, 0.4) is 0 Å². The number of carbonyl (C=O) groups is 2. The predicted molar refractivity (Wildman–Crippen MR) is 125 cm³/mol. The van der Waals surface area contributed by atoms with Crippen LogP contribution in [0.1, 0.15) is 77.2 Å². The molecule has 33 heavy (non-hydrogen) atoms. The molecule has 5 nitrogen and oxygen atoms in total. The fourth-order valence-electron chi connectivity index (χ4n) is 8.02. The fourth-order valence-corrected chi connectivity index (χ4v) is 8.02. The molecule has 4 saturated carbocycles. The minimum Gasteiger partial charge on any atom is -0.459 e. The van der Waals surface area contributed by atoms with E-state index in [1.54, 1.807) is 0 Å². The summed E-state index contributed by atoms with van der Waals surface area (Å²) in [7, 11) is 0. The number of nitrogens with zero attached hydrogens (tertiary/aromatic N) is 2. The van der Waals surface area contributed by atoms with Crippen molar-refractivity contribution in [3.8, 4) is 6.07 Å². The van der Waals surface area contributed by atoms with Crippen LogP contribution in [0.5, 0.6) is 0 Å². The third kappa shape index (κ3) is 4.29. The van der Waals surface area contributed by atoms with Crippen molar-refractivity contribution in [2.24, 2.45) is 23.2 Å². The summed E-state index contributed by atoms with van der Waals surface area (Å²) in [5.41, 5.74) is 0.686. The van der Waals surface area contributed by atoms with Crippen molar-refractivity contribution in [2.75, 3.05) is 0 Å². The zero-order chi connectivity index (χ0) is 23.2. The molecule has 5 fully saturated rings. The molecule has 0 radical (unpaired) electrons. The number of nitriles is 1. The minimum absolute atomic E-state index is 0.0770. The Morgan fingerprint density at radius 2 is 1.79 bits per heavy atom. The molecule has 5 heteroatoms. The van der Waals surface area contributed by atoms with Crippen molar-refractivity contribution in [1.29, 1.82) is 5.26 Å². The number of esters is 1. The van der Waals surface area contributed by atoms with Crippen molar-refractivity contribution in [1.82, 2.24) is 4.90 Å². The third-order valence-electron chi connectivity index (χ3n) is 9.08. The summed E-state index contributed by atoms with van der Waals surface area (Å²) < 4.78 is 6.27. The molecule has 1 aromatic carbocycles. The predicted octanol–water partition coefficient (Wildman–Crippen LogP) is 5.04. The standard InChI is InChI=1S/C28H36N2O3/c1-19-10-24(17-29)30(20(19)2)25(31)16-27-12-22-11-23(13-27)15-28(14-22,18-27)33-26(32)9-8-21-6-4-3-5-7-21/h3-7,19-20,22-24H,8-16,18H2,1-2H3/t19?,20-,22?,23?,24?,27?,28?/m0/s1. The molecule has 1 aliphatic heterocycles. The number of aryl methyl sites for hydroxylation is 1. The van der Waals surface area contributed by atoms with Gasteiger partial charge in [-0.3, -0.25) is 9.59 Å². The number of hydrogen-bond acceptors (Lipinski definition) is 4. The Kier molecular flexibility index (Phi) is 5.75. The first kappa shape index (κ1) is 22.4. The number of amides is 1. The van der Waals surface area contributed by atoms with E-state index in [1.165, 1.54) is 6.42 Å². The van der Waals surface area contributed by atoms with E-state index in [1.807, 2.05) is 35.2 Å². The molecule has 4 aliphatic carbocycles. The Labute approximate surface area is 197 Å². The summed E-state index contributed by atoms with van der Waals surface area (Å²) in [6, 6.07) is 12.3. The smallest absolute Gasteiger partial charge is 0.306 e. The second-order valence-electron chi connectivity index (χ2n) is 11.7. The number of ether oxygens (including phenoxy) is 1. The zero-order valence-corrected chi connectivity index (χ0v) is 20.0. The van der Waals surface area contributed by atoms with Crippen molar-refractivity contribution >= 4 is 11.9 Å². The molecule has 5 aliphatic rings. The van der Waals surface area contributed by atoms with E-state index in [4.69, 9.17) is 4.74 Å². The molecule has 4 unspecified atom stereocenters. The van der Waals surface area contributed by atoms with Crippen LogP contribution < -0.4 is 0 Å². The van der Waals surface area contributed by atoms with Crippen LogP contribution >= 0.6 is 0 Å². The number of likely N-dealkylation sites (tertiary alicyclic amines) is 1. The van der Waals surface area contributed by atoms with Crippen LogP contribution in [0.15, 0.2) is 30.3 Å². The molecular weight excluding hydrogens is 412 g/mol. The van der Waals surface area contributed by atoms with Crippen molar-refractivity contribution in [3.63, 3.8) is 0 Å². The Morgan fingerprint density at radius 3 is 2.45 bits per heavy atom. The van der Waals surface area contributed by atoms with Gasteiger partial charge in [0, 0.05) is 18.9 Å². The van der Waals surface area contributed by atoms with Crippen LogP contribution in [-0.2, 0) is 20.7 Å². The van der Waals surface area contributed by atoms with Gasteiger partial charge >= 0.3 is 5.97 Å². The Balaban J connectivity index is 1.27. The molecule has 1 saturated heterocycles. The molecule has 0 aromatic heterocycles. The van der Waals surface area contributed by atoms with Gasteiger partial charge < -0.3 is 9.64 Å². The van der Waals surface area contributed by atoms with E-state index in [2.05, 4.69) is 19.9 Å². The topological polar surface area (TPSA) is 70.4 Å². The molecule has 4 bridgehead atoms. The lowest BCUT2D eigenvalue weighted by Crippen LogP contribution is -2.58. The highest BCUT2D eigenvalue weighted by molar-refractivity contribution is 5.78. The molecular formula is C28H36N2O3. The van der Waals surface area contributed by atoms with E-state index in [-0.39, 0.29) is 29.4 Å². The van der Waals surface area contributed by atoms with Gasteiger partial charge in [0.15, 0.2) is 0 Å². The zero-order valence-electron chi connectivity index (χ0n) is 20.0. The first-order valence-corrected chi connectivity index (χ1v) is 12.8. The normalized spacial score (nSPS) is 38.8. The number of benzene rings is 1. The first-order chi connectivity index (χ1) is 15.8. The van der Waals surface area contributed by atoms with Gasteiger partial charge in [-0.1, -0.05) is 37.3 Å². The van der Waals surface area contributed by atoms with Crippen molar-refractivity contribution in [3.05, 3.63) is 35.9 Å².